The molecule has 8 nitrogen and oxygen atoms in total. The minimum absolute atomic E-state index is 0.0139. The van der Waals surface area contributed by atoms with Gasteiger partial charge in [0, 0.05) is 38.4 Å². The van der Waals surface area contributed by atoms with Gasteiger partial charge in [-0.2, -0.15) is 4.31 Å². The highest BCUT2D eigenvalue weighted by molar-refractivity contribution is 7.91. The van der Waals surface area contributed by atoms with Gasteiger partial charge in [0.05, 0.1) is 4.34 Å². The SMILES string of the molecule is Cc1ccc(NC(=O)N2CCN(S(=O)(=O)c3ccc(Cl)s3)C(C(=O)N3CCC(Cc4ccccc4)CC3)C2)cc1. The van der Waals surface area contributed by atoms with E-state index in [1.54, 1.807) is 11.0 Å². The van der Waals surface area contributed by atoms with Gasteiger partial charge in [0.15, 0.2) is 0 Å². The van der Waals surface area contributed by atoms with E-state index in [4.69, 9.17) is 11.6 Å². The Balaban J connectivity index is 1.32. The number of nitrogens with one attached hydrogen (secondary N) is 1. The average molecular weight is 601 g/mol. The molecule has 0 bridgehead atoms. The predicted molar refractivity (Wildman–Crippen MR) is 158 cm³/mol. The highest BCUT2D eigenvalue weighted by atomic mass is 35.5. The van der Waals surface area contributed by atoms with Crippen LogP contribution in [-0.2, 0) is 21.2 Å². The zero-order valence-electron chi connectivity index (χ0n) is 22.3. The van der Waals surface area contributed by atoms with Crippen LogP contribution in [0.5, 0.6) is 0 Å². The summed E-state index contributed by atoms with van der Waals surface area (Å²) >= 11 is 7.02. The summed E-state index contributed by atoms with van der Waals surface area (Å²) in [6, 6.07) is 19.4. The maximum atomic E-state index is 13.9. The molecule has 0 spiro atoms. The van der Waals surface area contributed by atoms with Crippen molar-refractivity contribution in [1.82, 2.24) is 14.1 Å². The fourth-order valence-corrected chi connectivity index (χ4v) is 8.52. The number of amides is 3. The molecule has 3 amide bonds. The van der Waals surface area contributed by atoms with Crippen molar-refractivity contribution in [1.29, 1.82) is 0 Å². The van der Waals surface area contributed by atoms with Crippen molar-refractivity contribution in [2.45, 2.75) is 36.4 Å². The number of likely N-dealkylation sites (tertiary alicyclic amines) is 1. The quantitative estimate of drug-likeness (QED) is 0.426. The zero-order chi connectivity index (χ0) is 28.3. The number of thiophene rings is 1. The van der Waals surface area contributed by atoms with Crippen LogP contribution < -0.4 is 5.32 Å². The van der Waals surface area contributed by atoms with Crippen molar-refractivity contribution in [2.24, 2.45) is 5.92 Å². The van der Waals surface area contributed by atoms with E-state index < -0.39 is 16.1 Å². The molecule has 40 heavy (non-hydrogen) atoms. The molecule has 0 radical (unpaired) electrons. The predicted octanol–water partition coefficient (Wildman–Crippen LogP) is 5.10. The minimum Gasteiger partial charge on any atom is -0.341 e. The van der Waals surface area contributed by atoms with E-state index in [0.717, 1.165) is 36.2 Å². The second-order valence-corrected chi connectivity index (χ2v) is 14.2. The Hall–Kier alpha value is -2.92. The van der Waals surface area contributed by atoms with E-state index in [2.05, 4.69) is 17.4 Å². The molecular formula is C29H33ClN4O4S2. The van der Waals surface area contributed by atoms with Gasteiger partial charge in [0.2, 0.25) is 5.91 Å². The fourth-order valence-electron chi connectivity index (χ4n) is 5.35. The van der Waals surface area contributed by atoms with Crippen LogP contribution in [0.1, 0.15) is 24.0 Å². The summed E-state index contributed by atoms with van der Waals surface area (Å²) in [5, 5.41) is 2.87. The number of hydrogen-bond acceptors (Lipinski definition) is 5. The third-order valence-electron chi connectivity index (χ3n) is 7.61. The lowest BCUT2D eigenvalue weighted by Gasteiger charge is -2.42. The summed E-state index contributed by atoms with van der Waals surface area (Å²) in [4.78, 5) is 30.4. The Bertz CT molecular complexity index is 1440. The Labute approximate surface area is 244 Å². The molecule has 2 aromatic carbocycles. The molecule has 212 valence electrons. The number of hydrogen-bond donors (Lipinski definition) is 1. The van der Waals surface area contributed by atoms with Crippen LogP contribution >= 0.6 is 22.9 Å². The smallest absolute Gasteiger partial charge is 0.321 e. The first-order valence-electron chi connectivity index (χ1n) is 13.4. The maximum Gasteiger partial charge on any atom is 0.321 e. The van der Waals surface area contributed by atoms with Gasteiger partial charge in [-0.25, -0.2) is 13.2 Å². The largest absolute Gasteiger partial charge is 0.341 e. The highest BCUT2D eigenvalue weighted by Crippen LogP contribution is 2.31. The number of rotatable bonds is 6. The number of nitrogens with zero attached hydrogens (tertiary/aromatic N) is 3. The Morgan fingerprint density at radius 3 is 2.27 bits per heavy atom. The fraction of sp³-hybridized carbons (Fsp3) is 0.379. The van der Waals surface area contributed by atoms with Crippen LogP contribution in [0, 0.1) is 12.8 Å². The van der Waals surface area contributed by atoms with E-state index >= 15 is 0 Å². The number of piperidine rings is 1. The van der Waals surface area contributed by atoms with Crippen LogP contribution in [0.3, 0.4) is 0 Å². The molecular weight excluding hydrogens is 568 g/mol. The molecule has 3 aromatic rings. The molecule has 5 rings (SSSR count). The van der Waals surface area contributed by atoms with Crippen molar-refractivity contribution < 1.29 is 18.0 Å². The first-order chi connectivity index (χ1) is 19.2. The Kier molecular flexibility index (Phi) is 8.80. The summed E-state index contributed by atoms with van der Waals surface area (Å²) in [5.74, 6) is 0.194. The maximum absolute atomic E-state index is 13.9. The number of halogens is 1. The number of sulfonamides is 1. The van der Waals surface area contributed by atoms with Crippen molar-refractivity contribution in [3.05, 3.63) is 82.2 Å². The minimum atomic E-state index is -3.98. The molecule has 1 unspecified atom stereocenters. The van der Waals surface area contributed by atoms with Crippen molar-refractivity contribution in [3.63, 3.8) is 0 Å². The van der Waals surface area contributed by atoms with E-state index in [0.29, 0.717) is 29.0 Å². The normalized spacial score (nSPS) is 19.0. The number of benzene rings is 2. The van der Waals surface area contributed by atoms with E-state index in [1.165, 1.54) is 20.8 Å². The second kappa shape index (κ2) is 12.3. The standard InChI is InChI=1S/C29H33ClN4O4S2/c1-21-7-9-24(10-8-21)31-29(36)33-17-18-34(40(37,38)27-12-11-26(30)39-27)25(20-33)28(35)32-15-13-23(14-16-32)19-22-5-3-2-4-6-22/h2-12,23,25H,13-20H2,1H3,(H,31,36). The molecule has 1 atom stereocenters. The first-order valence-corrected chi connectivity index (χ1v) is 16.1. The molecule has 2 fully saturated rings. The molecule has 2 aliphatic rings. The van der Waals surface area contributed by atoms with Crippen LogP contribution in [0.4, 0.5) is 10.5 Å². The van der Waals surface area contributed by atoms with Crippen LogP contribution in [0.2, 0.25) is 4.34 Å². The molecule has 2 saturated heterocycles. The summed E-state index contributed by atoms with van der Waals surface area (Å²) in [5.41, 5.74) is 2.99. The third-order valence-corrected chi connectivity index (χ3v) is 11.2. The lowest BCUT2D eigenvalue weighted by Crippen LogP contribution is -2.62. The lowest BCUT2D eigenvalue weighted by atomic mass is 9.90. The number of aryl methyl sites for hydroxylation is 1. The third kappa shape index (κ3) is 6.52. The highest BCUT2D eigenvalue weighted by Gasteiger charge is 2.44. The molecule has 1 N–H and O–H groups in total. The van der Waals surface area contributed by atoms with Crippen LogP contribution in [0.15, 0.2) is 70.9 Å². The van der Waals surface area contributed by atoms with Gasteiger partial charge in [-0.15, -0.1) is 11.3 Å². The molecule has 11 heteroatoms. The van der Waals surface area contributed by atoms with Gasteiger partial charge in [-0.1, -0.05) is 59.6 Å². The molecule has 3 heterocycles. The van der Waals surface area contributed by atoms with Gasteiger partial charge in [0.1, 0.15) is 10.3 Å². The van der Waals surface area contributed by atoms with Gasteiger partial charge >= 0.3 is 6.03 Å². The Morgan fingerprint density at radius 2 is 1.62 bits per heavy atom. The summed E-state index contributed by atoms with van der Waals surface area (Å²) in [6.07, 6.45) is 2.65. The van der Waals surface area contributed by atoms with Crippen LogP contribution in [0.25, 0.3) is 0 Å². The summed E-state index contributed by atoms with van der Waals surface area (Å²) in [7, 11) is -3.98. The lowest BCUT2D eigenvalue weighted by molar-refractivity contribution is -0.138. The summed E-state index contributed by atoms with van der Waals surface area (Å²) < 4.78 is 29.0. The van der Waals surface area contributed by atoms with Crippen molar-refractivity contribution >= 4 is 50.6 Å². The van der Waals surface area contributed by atoms with E-state index in [-0.39, 0.29) is 35.8 Å². The van der Waals surface area contributed by atoms with Crippen molar-refractivity contribution in [2.75, 3.05) is 38.0 Å². The molecule has 0 saturated carbocycles. The van der Waals surface area contributed by atoms with Gasteiger partial charge in [-0.05, 0) is 61.9 Å². The number of urea groups is 1. The monoisotopic (exact) mass is 600 g/mol. The average Bonchev–Trinajstić information content (AvgIpc) is 3.41. The van der Waals surface area contributed by atoms with E-state index in [9.17, 15) is 18.0 Å². The molecule has 1 aromatic heterocycles. The Morgan fingerprint density at radius 1 is 0.925 bits per heavy atom. The zero-order valence-corrected chi connectivity index (χ0v) is 24.7. The van der Waals surface area contributed by atoms with Gasteiger partial charge in [0.25, 0.3) is 10.0 Å². The molecule has 2 aliphatic heterocycles. The van der Waals surface area contributed by atoms with Gasteiger partial charge in [-0.3, -0.25) is 4.79 Å². The number of carbonyl (C=O) groups is 2. The van der Waals surface area contributed by atoms with Crippen molar-refractivity contribution in [3.8, 4) is 0 Å². The number of anilines is 1. The van der Waals surface area contributed by atoms with E-state index in [1.807, 2.05) is 49.4 Å². The summed E-state index contributed by atoms with van der Waals surface area (Å²) in [6.45, 7) is 3.23. The van der Waals surface area contributed by atoms with Crippen LogP contribution in [-0.4, -0.2) is 73.2 Å². The topological polar surface area (TPSA) is 90.0 Å². The number of carbonyl (C=O) groups excluding carboxylic acids is 2. The molecule has 0 aliphatic carbocycles. The van der Waals surface area contributed by atoms with Gasteiger partial charge < -0.3 is 15.1 Å². The number of piperazine rings is 1. The first kappa shape index (κ1) is 28.6. The second-order valence-electron chi connectivity index (χ2n) is 10.4.